The van der Waals surface area contributed by atoms with Gasteiger partial charge < -0.3 is 19.5 Å². The van der Waals surface area contributed by atoms with Crippen LogP contribution in [0.25, 0.3) is 0 Å². The molecule has 0 aliphatic carbocycles. The smallest absolute Gasteiger partial charge is 0.224 e. The number of carbonyl (C=O) groups excluding carboxylic acids is 1. The van der Waals surface area contributed by atoms with E-state index in [0.29, 0.717) is 24.5 Å². The van der Waals surface area contributed by atoms with E-state index in [-0.39, 0.29) is 11.9 Å². The van der Waals surface area contributed by atoms with Gasteiger partial charge in [-0.3, -0.25) is 9.69 Å². The maximum Gasteiger partial charge on any atom is 0.224 e. The van der Waals surface area contributed by atoms with Crippen LogP contribution in [0, 0.1) is 0 Å². The third-order valence-corrected chi connectivity index (χ3v) is 5.39. The number of amides is 1. The molecule has 29 heavy (non-hydrogen) atoms. The molecule has 1 aliphatic rings. The maximum absolute atomic E-state index is 12.6. The Balaban J connectivity index is 1.64. The van der Waals surface area contributed by atoms with Gasteiger partial charge in [0.2, 0.25) is 5.91 Å². The van der Waals surface area contributed by atoms with Crippen LogP contribution in [0.5, 0.6) is 17.2 Å². The predicted octanol–water partition coefficient (Wildman–Crippen LogP) is 3.21. The van der Waals surface area contributed by atoms with Gasteiger partial charge in [0.1, 0.15) is 5.75 Å². The van der Waals surface area contributed by atoms with Crippen molar-refractivity contribution in [3.8, 4) is 17.2 Å². The summed E-state index contributed by atoms with van der Waals surface area (Å²) < 4.78 is 15.9. The third kappa shape index (κ3) is 5.41. The van der Waals surface area contributed by atoms with Crippen molar-refractivity contribution in [2.45, 2.75) is 25.3 Å². The normalized spacial score (nSPS) is 15.0. The number of ether oxygens (including phenoxy) is 3. The van der Waals surface area contributed by atoms with Gasteiger partial charge in [0.05, 0.1) is 33.8 Å². The topological polar surface area (TPSA) is 60.0 Å². The fraction of sp³-hybridized carbons (Fsp3) is 0.435. The molecule has 0 aromatic heterocycles. The fourth-order valence-electron chi connectivity index (χ4n) is 3.79. The summed E-state index contributed by atoms with van der Waals surface area (Å²) in [6, 6.07) is 13.9. The third-order valence-electron chi connectivity index (χ3n) is 5.39. The number of benzene rings is 2. The first kappa shape index (κ1) is 21.0. The van der Waals surface area contributed by atoms with Crippen molar-refractivity contribution in [1.82, 2.24) is 10.2 Å². The first-order valence-electron chi connectivity index (χ1n) is 10.00. The fourth-order valence-corrected chi connectivity index (χ4v) is 3.79. The number of carbonyl (C=O) groups is 1. The molecule has 0 bridgehead atoms. The van der Waals surface area contributed by atoms with Crippen LogP contribution in [-0.4, -0.2) is 51.8 Å². The zero-order valence-electron chi connectivity index (χ0n) is 17.4. The van der Waals surface area contributed by atoms with Crippen LogP contribution < -0.4 is 19.5 Å². The highest BCUT2D eigenvalue weighted by molar-refractivity contribution is 5.78. The van der Waals surface area contributed by atoms with Gasteiger partial charge in [-0.1, -0.05) is 18.2 Å². The van der Waals surface area contributed by atoms with Gasteiger partial charge in [-0.25, -0.2) is 0 Å². The summed E-state index contributed by atoms with van der Waals surface area (Å²) in [7, 11) is 4.86. The average molecular weight is 399 g/mol. The van der Waals surface area contributed by atoms with Gasteiger partial charge in [0.25, 0.3) is 0 Å². The SMILES string of the molecule is COc1ccc(C(CNC(=O)Cc2ccc(OC)c(OC)c2)N2CCCC2)cc1. The molecule has 1 heterocycles. The van der Waals surface area contributed by atoms with Crippen molar-refractivity contribution in [1.29, 1.82) is 0 Å². The number of hydrogen-bond acceptors (Lipinski definition) is 5. The van der Waals surface area contributed by atoms with E-state index in [1.165, 1.54) is 18.4 Å². The van der Waals surface area contributed by atoms with Crippen LogP contribution in [0.4, 0.5) is 0 Å². The average Bonchev–Trinajstić information content (AvgIpc) is 3.28. The van der Waals surface area contributed by atoms with Gasteiger partial charge in [0, 0.05) is 6.54 Å². The van der Waals surface area contributed by atoms with Crippen LogP contribution in [0.1, 0.15) is 30.0 Å². The Morgan fingerprint density at radius 2 is 1.66 bits per heavy atom. The van der Waals surface area contributed by atoms with Gasteiger partial charge in [0.15, 0.2) is 11.5 Å². The quantitative estimate of drug-likeness (QED) is 0.703. The van der Waals surface area contributed by atoms with Crippen molar-refractivity contribution in [3.05, 3.63) is 53.6 Å². The molecule has 1 aliphatic heterocycles. The molecule has 1 fully saturated rings. The van der Waals surface area contributed by atoms with Crippen molar-refractivity contribution in [2.24, 2.45) is 0 Å². The molecule has 0 saturated carbocycles. The summed E-state index contributed by atoms with van der Waals surface area (Å²) >= 11 is 0. The lowest BCUT2D eigenvalue weighted by Gasteiger charge is -2.28. The van der Waals surface area contributed by atoms with Crippen LogP contribution in [0.15, 0.2) is 42.5 Å². The first-order chi connectivity index (χ1) is 14.1. The van der Waals surface area contributed by atoms with Gasteiger partial charge in [-0.2, -0.15) is 0 Å². The van der Waals surface area contributed by atoms with E-state index < -0.39 is 0 Å². The summed E-state index contributed by atoms with van der Waals surface area (Å²) in [5, 5.41) is 3.12. The number of nitrogens with one attached hydrogen (secondary N) is 1. The van der Waals surface area contributed by atoms with Gasteiger partial charge >= 0.3 is 0 Å². The minimum atomic E-state index is -0.00470. The zero-order chi connectivity index (χ0) is 20.6. The molecule has 1 amide bonds. The predicted molar refractivity (Wildman–Crippen MR) is 113 cm³/mol. The van der Waals surface area contributed by atoms with Crippen molar-refractivity contribution in [2.75, 3.05) is 41.0 Å². The second kappa shape index (κ2) is 10.2. The van der Waals surface area contributed by atoms with Gasteiger partial charge in [-0.05, 0) is 61.3 Å². The Morgan fingerprint density at radius 3 is 2.28 bits per heavy atom. The molecule has 156 valence electrons. The monoisotopic (exact) mass is 398 g/mol. The van der Waals surface area contributed by atoms with Crippen LogP contribution in [-0.2, 0) is 11.2 Å². The minimum Gasteiger partial charge on any atom is -0.497 e. The van der Waals surface area contributed by atoms with Crippen LogP contribution in [0.2, 0.25) is 0 Å². The molecule has 2 aromatic rings. The Kier molecular flexibility index (Phi) is 7.36. The molecule has 1 N–H and O–H groups in total. The largest absolute Gasteiger partial charge is 0.497 e. The molecule has 1 atom stereocenters. The molecular formula is C23H30N2O4. The van der Waals surface area contributed by atoms with E-state index in [1.54, 1.807) is 21.3 Å². The molecule has 0 spiro atoms. The number of likely N-dealkylation sites (tertiary alicyclic amines) is 1. The lowest BCUT2D eigenvalue weighted by atomic mass is 10.0. The van der Waals surface area contributed by atoms with E-state index >= 15 is 0 Å². The summed E-state index contributed by atoms with van der Waals surface area (Å²) in [6.07, 6.45) is 2.70. The van der Waals surface area contributed by atoms with Crippen molar-refractivity contribution in [3.63, 3.8) is 0 Å². The Labute approximate surface area is 172 Å². The lowest BCUT2D eigenvalue weighted by Crippen LogP contribution is -2.37. The van der Waals surface area contributed by atoms with Crippen LogP contribution >= 0.6 is 0 Å². The second-order valence-electron chi connectivity index (χ2n) is 7.20. The maximum atomic E-state index is 12.6. The standard InChI is InChI=1S/C23H30N2O4/c1-27-19-9-7-18(8-10-19)20(25-12-4-5-13-25)16-24-23(26)15-17-6-11-21(28-2)22(14-17)29-3/h6-11,14,20H,4-5,12-13,15-16H2,1-3H3,(H,24,26). The highest BCUT2D eigenvalue weighted by Crippen LogP contribution is 2.28. The molecule has 0 radical (unpaired) electrons. The van der Waals surface area contributed by atoms with Crippen molar-refractivity contribution < 1.29 is 19.0 Å². The molecule has 6 heteroatoms. The minimum absolute atomic E-state index is 0.00470. The van der Waals surface area contributed by atoms with Crippen molar-refractivity contribution >= 4 is 5.91 Å². The summed E-state index contributed by atoms with van der Waals surface area (Å²) in [5.74, 6) is 2.12. The molecule has 1 saturated heterocycles. The summed E-state index contributed by atoms with van der Waals surface area (Å²) in [4.78, 5) is 15.0. The molecule has 2 aromatic carbocycles. The number of nitrogens with zero attached hydrogens (tertiary/aromatic N) is 1. The number of hydrogen-bond donors (Lipinski definition) is 1. The van der Waals surface area contributed by atoms with E-state index in [0.717, 1.165) is 24.4 Å². The Hall–Kier alpha value is -2.73. The Morgan fingerprint density at radius 1 is 0.966 bits per heavy atom. The first-order valence-corrected chi connectivity index (χ1v) is 10.00. The highest BCUT2D eigenvalue weighted by Gasteiger charge is 2.24. The second-order valence-corrected chi connectivity index (χ2v) is 7.20. The van der Waals surface area contributed by atoms with E-state index in [2.05, 4.69) is 22.3 Å². The van der Waals surface area contributed by atoms with E-state index in [1.807, 2.05) is 30.3 Å². The van der Waals surface area contributed by atoms with Crippen LogP contribution in [0.3, 0.4) is 0 Å². The highest BCUT2D eigenvalue weighted by atomic mass is 16.5. The number of rotatable bonds is 9. The lowest BCUT2D eigenvalue weighted by molar-refractivity contribution is -0.120. The summed E-state index contributed by atoms with van der Waals surface area (Å²) in [6.45, 7) is 2.70. The molecule has 6 nitrogen and oxygen atoms in total. The van der Waals surface area contributed by atoms with E-state index in [9.17, 15) is 4.79 Å². The van der Waals surface area contributed by atoms with Gasteiger partial charge in [-0.15, -0.1) is 0 Å². The molecule has 1 unspecified atom stereocenters. The summed E-state index contributed by atoms with van der Waals surface area (Å²) in [5.41, 5.74) is 2.08. The Bertz CT molecular complexity index is 801. The number of methoxy groups -OCH3 is 3. The molecular weight excluding hydrogens is 368 g/mol. The zero-order valence-corrected chi connectivity index (χ0v) is 17.4. The molecule has 3 rings (SSSR count). The van der Waals surface area contributed by atoms with E-state index in [4.69, 9.17) is 14.2 Å².